The Kier molecular flexibility index (Phi) is 7.83. The third kappa shape index (κ3) is 6.25. The fraction of sp³-hybridized carbons (Fsp3) is 0.367. The monoisotopic (exact) mass is 442 g/mol. The maximum atomic E-state index is 12.6. The number of hydrogen-bond donors (Lipinski definition) is 1. The van der Waals surface area contributed by atoms with Crippen LogP contribution in [0.2, 0.25) is 0 Å². The molecular weight excluding hydrogens is 408 g/mol. The van der Waals surface area contributed by atoms with Gasteiger partial charge in [-0.25, -0.2) is 4.79 Å². The molecule has 0 bridgehead atoms. The highest BCUT2D eigenvalue weighted by Crippen LogP contribution is 2.38. The van der Waals surface area contributed by atoms with Gasteiger partial charge in [-0.1, -0.05) is 69.0 Å². The summed E-state index contributed by atoms with van der Waals surface area (Å²) >= 11 is 0. The average molecular weight is 443 g/mol. The van der Waals surface area contributed by atoms with E-state index in [1.165, 1.54) is 56.9 Å². The molecule has 3 nitrogen and oxygen atoms in total. The van der Waals surface area contributed by atoms with Crippen molar-refractivity contribution in [2.24, 2.45) is 5.92 Å². The molecule has 0 radical (unpaired) electrons. The number of carbonyl (C=O) groups is 1. The summed E-state index contributed by atoms with van der Waals surface area (Å²) in [6, 6.07) is 22.4. The van der Waals surface area contributed by atoms with Gasteiger partial charge in [0.1, 0.15) is 11.5 Å². The number of unbranched alkanes of at least 4 members (excludes halogenated alkanes) is 2. The van der Waals surface area contributed by atoms with Gasteiger partial charge in [0.15, 0.2) is 0 Å². The molecule has 0 saturated heterocycles. The van der Waals surface area contributed by atoms with Gasteiger partial charge in [-0.2, -0.15) is 0 Å². The molecule has 0 unspecified atom stereocenters. The number of carbonyl (C=O) groups excluding carboxylic acids is 1. The van der Waals surface area contributed by atoms with Gasteiger partial charge < -0.3 is 9.84 Å². The standard InChI is InChI=1S/C30H34O3/c1-2-3-4-5-22-6-8-23(9-7-22)26-16-20-29(21-17-26)33-30(32)27-12-10-24(11-13-27)25-14-18-28(31)19-15-25/h10-23,31H,2-9H2,1H3. The average Bonchev–Trinajstić information content (AvgIpc) is 2.86. The number of rotatable bonds is 8. The van der Waals surface area contributed by atoms with Crippen LogP contribution in [0.1, 0.15) is 80.1 Å². The first-order chi connectivity index (χ1) is 16.1. The Labute approximate surface area is 197 Å². The molecule has 4 rings (SSSR count). The largest absolute Gasteiger partial charge is 0.508 e. The normalized spacial score (nSPS) is 18.1. The third-order valence-corrected chi connectivity index (χ3v) is 6.95. The van der Waals surface area contributed by atoms with E-state index >= 15 is 0 Å². The van der Waals surface area contributed by atoms with Crippen LogP contribution in [0, 0.1) is 5.92 Å². The van der Waals surface area contributed by atoms with Crippen LogP contribution in [0.4, 0.5) is 0 Å². The molecule has 0 amide bonds. The van der Waals surface area contributed by atoms with Crippen LogP contribution in [-0.4, -0.2) is 11.1 Å². The van der Waals surface area contributed by atoms with Crippen LogP contribution < -0.4 is 4.74 Å². The lowest BCUT2D eigenvalue weighted by atomic mass is 9.77. The lowest BCUT2D eigenvalue weighted by Crippen LogP contribution is -2.13. The summed E-state index contributed by atoms with van der Waals surface area (Å²) in [5.41, 5.74) is 3.84. The Hall–Kier alpha value is -3.07. The van der Waals surface area contributed by atoms with Crippen molar-refractivity contribution in [1.82, 2.24) is 0 Å². The van der Waals surface area contributed by atoms with Crippen LogP contribution in [0.25, 0.3) is 11.1 Å². The molecule has 0 aromatic heterocycles. The Morgan fingerprint density at radius 2 is 1.42 bits per heavy atom. The first-order valence-electron chi connectivity index (χ1n) is 12.3. The number of phenols is 1. The number of phenolic OH excluding ortho intramolecular Hbond substituents is 1. The molecule has 3 aromatic rings. The molecule has 1 aliphatic carbocycles. The second-order valence-corrected chi connectivity index (χ2v) is 9.30. The zero-order valence-corrected chi connectivity index (χ0v) is 19.5. The summed E-state index contributed by atoms with van der Waals surface area (Å²) in [7, 11) is 0. The van der Waals surface area contributed by atoms with E-state index in [9.17, 15) is 9.90 Å². The first kappa shape index (κ1) is 23.1. The van der Waals surface area contributed by atoms with E-state index in [1.807, 2.05) is 36.4 Å². The zero-order chi connectivity index (χ0) is 23.0. The van der Waals surface area contributed by atoms with E-state index in [0.717, 1.165) is 17.0 Å². The van der Waals surface area contributed by atoms with E-state index in [4.69, 9.17) is 4.74 Å². The topological polar surface area (TPSA) is 46.5 Å². The van der Waals surface area contributed by atoms with Gasteiger partial charge in [-0.15, -0.1) is 0 Å². The molecule has 0 spiro atoms. The SMILES string of the molecule is CCCCCC1CCC(c2ccc(OC(=O)c3ccc(-c4ccc(O)cc4)cc3)cc2)CC1. The number of esters is 1. The fourth-order valence-electron chi connectivity index (χ4n) is 4.89. The lowest BCUT2D eigenvalue weighted by molar-refractivity contribution is 0.0734. The van der Waals surface area contributed by atoms with Crippen LogP contribution in [-0.2, 0) is 0 Å². The van der Waals surface area contributed by atoms with E-state index in [2.05, 4.69) is 19.1 Å². The molecule has 0 heterocycles. The van der Waals surface area contributed by atoms with Crippen LogP contribution in [0.15, 0.2) is 72.8 Å². The quantitative estimate of drug-likeness (QED) is 0.218. The summed E-state index contributed by atoms with van der Waals surface area (Å²) < 4.78 is 5.60. The number of ether oxygens (including phenoxy) is 1. The van der Waals surface area contributed by atoms with Gasteiger partial charge in [0, 0.05) is 0 Å². The van der Waals surface area contributed by atoms with Crippen molar-refractivity contribution >= 4 is 5.97 Å². The predicted molar refractivity (Wildman–Crippen MR) is 134 cm³/mol. The highest BCUT2D eigenvalue weighted by atomic mass is 16.5. The second-order valence-electron chi connectivity index (χ2n) is 9.30. The Morgan fingerprint density at radius 1 is 0.818 bits per heavy atom. The van der Waals surface area contributed by atoms with Gasteiger partial charge in [-0.3, -0.25) is 0 Å². The Bertz CT molecular complexity index is 1010. The van der Waals surface area contributed by atoms with Crippen molar-refractivity contribution in [2.75, 3.05) is 0 Å². The van der Waals surface area contributed by atoms with Crippen molar-refractivity contribution < 1.29 is 14.6 Å². The van der Waals surface area contributed by atoms with Crippen LogP contribution in [0.5, 0.6) is 11.5 Å². The highest BCUT2D eigenvalue weighted by Gasteiger charge is 2.22. The maximum absolute atomic E-state index is 12.6. The third-order valence-electron chi connectivity index (χ3n) is 6.95. The smallest absolute Gasteiger partial charge is 0.343 e. The molecule has 172 valence electrons. The molecule has 1 aliphatic rings. The van der Waals surface area contributed by atoms with E-state index < -0.39 is 0 Å². The minimum absolute atomic E-state index is 0.236. The number of hydrogen-bond acceptors (Lipinski definition) is 3. The molecule has 3 aromatic carbocycles. The number of aromatic hydroxyl groups is 1. The molecule has 1 N–H and O–H groups in total. The van der Waals surface area contributed by atoms with E-state index in [0.29, 0.717) is 17.2 Å². The molecule has 0 atom stereocenters. The van der Waals surface area contributed by atoms with Crippen LogP contribution in [0.3, 0.4) is 0 Å². The van der Waals surface area contributed by atoms with Gasteiger partial charge in [-0.05, 0) is 90.6 Å². The fourth-order valence-corrected chi connectivity index (χ4v) is 4.89. The van der Waals surface area contributed by atoms with E-state index in [-0.39, 0.29) is 11.7 Å². The zero-order valence-electron chi connectivity index (χ0n) is 19.5. The summed E-state index contributed by atoms with van der Waals surface area (Å²) in [4.78, 5) is 12.6. The van der Waals surface area contributed by atoms with Gasteiger partial charge in [0.2, 0.25) is 0 Å². The molecule has 1 saturated carbocycles. The summed E-state index contributed by atoms with van der Waals surface area (Å²) in [6.07, 6.45) is 10.7. The maximum Gasteiger partial charge on any atom is 0.343 e. The first-order valence-corrected chi connectivity index (χ1v) is 12.3. The van der Waals surface area contributed by atoms with Gasteiger partial charge in [0.25, 0.3) is 0 Å². The molecular formula is C30H34O3. The Balaban J connectivity index is 1.30. The molecule has 0 aliphatic heterocycles. The molecule has 1 fully saturated rings. The minimum atomic E-state index is -0.354. The number of benzene rings is 3. The Morgan fingerprint density at radius 3 is 2.03 bits per heavy atom. The molecule has 33 heavy (non-hydrogen) atoms. The van der Waals surface area contributed by atoms with Crippen molar-refractivity contribution in [1.29, 1.82) is 0 Å². The summed E-state index contributed by atoms with van der Waals surface area (Å²) in [5.74, 6) is 2.00. The van der Waals surface area contributed by atoms with Crippen molar-refractivity contribution in [2.45, 2.75) is 64.2 Å². The highest BCUT2D eigenvalue weighted by molar-refractivity contribution is 5.91. The summed E-state index contributed by atoms with van der Waals surface area (Å²) in [5, 5.41) is 9.44. The summed E-state index contributed by atoms with van der Waals surface area (Å²) in [6.45, 7) is 2.27. The minimum Gasteiger partial charge on any atom is -0.508 e. The predicted octanol–water partition coefficient (Wildman–Crippen LogP) is 8.13. The molecule has 3 heteroatoms. The van der Waals surface area contributed by atoms with Gasteiger partial charge in [0.05, 0.1) is 5.56 Å². The van der Waals surface area contributed by atoms with Crippen molar-refractivity contribution in [3.8, 4) is 22.6 Å². The van der Waals surface area contributed by atoms with Crippen LogP contribution >= 0.6 is 0 Å². The van der Waals surface area contributed by atoms with Crippen molar-refractivity contribution in [3.05, 3.63) is 83.9 Å². The van der Waals surface area contributed by atoms with E-state index in [1.54, 1.807) is 24.3 Å². The van der Waals surface area contributed by atoms with Crippen molar-refractivity contribution in [3.63, 3.8) is 0 Å². The second kappa shape index (κ2) is 11.2. The van der Waals surface area contributed by atoms with Gasteiger partial charge >= 0.3 is 5.97 Å². The lowest BCUT2D eigenvalue weighted by Gasteiger charge is -2.29.